The number of amides is 1. The van der Waals surface area contributed by atoms with Crippen LogP contribution in [-0.2, 0) is 11.2 Å². The largest absolute Gasteiger partial charge is 0.350 e. The van der Waals surface area contributed by atoms with Crippen molar-refractivity contribution in [1.82, 2.24) is 5.32 Å². The number of hydrogen-bond acceptors (Lipinski definition) is 1. The first-order valence-corrected chi connectivity index (χ1v) is 7.44. The third kappa shape index (κ3) is 3.56. The molecule has 1 unspecified atom stereocenters. The van der Waals surface area contributed by atoms with Gasteiger partial charge in [-0.25, -0.2) is 4.39 Å². The van der Waals surface area contributed by atoms with E-state index in [0.29, 0.717) is 16.8 Å². The summed E-state index contributed by atoms with van der Waals surface area (Å²) < 4.78 is 13.7. The molecule has 1 aliphatic rings. The van der Waals surface area contributed by atoms with E-state index in [-0.39, 0.29) is 17.3 Å². The van der Waals surface area contributed by atoms with Gasteiger partial charge in [-0.05, 0) is 58.8 Å². The SMILES string of the molecule is CC(C)CC1(Cc2ccc(F)c(Br)c2)CCC(=O)N1. The van der Waals surface area contributed by atoms with Gasteiger partial charge in [-0.15, -0.1) is 0 Å². The molecule has 19 heavy (non-hydrogen) atoms. The first kappa shape index (κ1) is 14.5. The number of carbonyl (C=O) groups is 1. The van der Waals surface area contributed by atoms with Crippen LogP contribution in [0.1, 0.15) is 38.7 Å². The highest BCUT2D eigenvalue weighted by Crippen LogP contribution is 2.32. The highest BCUT2D eigenvalue weighted by Gasteiger charge is 2.38. The Morgan fingerprint density at radius 2 is 2.21 bits per heavy atom. The Bertz CT molecular complexity index is 489. The normalized spacial score (nSPS) is 22.9. The van der Waals surface area contributed by atoms with Crippen molar-refractivity contribution >= 4 is 21.8 Å². The van der Waals surface area contributed by atoms with Crippen LogP contribution in [0.2, 0.25) is 0 Å². The van der Waals surface area contributed by atoms with Gasteiger partial charge >= 0.3 is 0 Å². The maximum Gasteiger partial charge on any atom is 0.220 e. The molecule has 1 N–H and O–H groups in total. The van der Waals surface area contributed by atoms with Gasteiger partial charge in [0.15, 0.2) is 0 Å². The Balaban J connectivity index is 2.20. The van der Waals surface area contributed by atoms with E-state index in [2.05, 4.69) is 35.1 Å². The van der Waals surface area contributed by atoms with Crippen molar-refractivity contribution < 1.29 is 9.18 Å². The summed E-state index contributed by atoms with van der Waals surface area (Å²) in [7, 11) is 0. The smallest absolute Gasteiger partial charge is 0.220 e. The van der Waals surface area contributed by atoms with E-state index in [1.165, 1.54) is 6.07 Å². The number of carbonyl (C=O) groups excluding carboxylic acids is 1. The predicted octanol–water partition coefficient (Wildman–Crippen LogP) is 3.83. The second-order valence-electron chi connectivity index (χ2n) is 5.85. The van der Waals surface area contributed by atoms with E-state index >= 15 is 0 Å². The molecule has 4 heteroatoms. The fourth-order valence-corrected chi connectivity index (χ4v) is 3.38. The summed E-state index contributed by atoms with van der Waals surface area (Å²) >= 11 is 3.21. The van der Waals surface area contributed by atoms with E-state index in [9.17, 15) is 9.18 Å². The summed E-state index contributed by atoms with van der Waals surface area (Å²) in [5.41, 5.74) is 0.888. The van der Waals surface area contributed by atoms with Crippen LogP contribution in [0.3, 0.4) is 0 Å². The van der Waals surface area contributed by atoms with Gasteiger partial charge in [0.1, 0.15) is 5.82 Å². The van der Waals surface area contributed by atoms with Crippen LogP contribution in [0, 0.1) is 11.7 Å². The lowest BCUT2D eigenvalue weighted by Crippen LogP contribution is -2.44. The topological polar surface area (TPSA) is 29.1 Å². The van der Waals surface area contributed by atoms with E-state index in [1.54, 1.807) is 6.07 Å². The fraction of sp³-hybridized carbons (Fsp3) is 0.533. The van der Waals surface area contributed by atoms with Gasteiger partial charge in [0.2, 0.25) is 5.91 Å². The van der Waals surface area contributed by atoms with E-state index in [0.717, 1.165) is 24.8 Å². The molecular formula is C15H19BrFNO. The molecule has 1 aliphatic heterocycles. The van der Waals surface area contributed by atoms with Crippen molar-refractivity contribution in [3.63, 3.8) is 0 Å². The molecule has 1 saturated heterocycles. The molecule has 2 nitrogen and oxygen atoms in total. The molecule has 1 amide bonds. The zero-order chi connectivity index (χ0) is 14.0. The van der Waals surface area contributed by atoms with Crippen molar-refractivity contribution in [3.05, 3.63) is 34.1 Å². The van der Waals surface area contributed by atoms with Crippen molar-refractivity contribution in [1.29, 1.82) is 0 Å². The van der Waals surface area contributed by atoms with Crippen molar-refractivity contribution in [3.8, 4) is 0 Å². The fourth-order valence-electron chi connectivity index (χ4n) is 2.95. The highest BCUT2D eigenvalue weighted by molar-refractivity contribution is 9.10. The summed E-state index contributed by atoms with van der Waals surface area (Å²) in [5.74, 6) is 0.390. The van der Waals surface area contributed by atoms with Crippen molar-refractivity contribution in [2.45, 2.75) is 45.1 Å². The lowest BCUT2D eigenvalue weighted by atomic mass is 9.82. The summed E-state index contributed by atoms with van der Waals surface area (Å²) in [6.07, 6.45) is 3.16. The van der Waals surface area contributed by atoms with Crippen LogP contribution in [0.4, 0.5) is 4.39 Å². The number of rotatable bonds is 4. The Kier molecular flexibility index (Phi) is 4.29. The first-order valence-electron chi connectivity index (χ1n) is 6.65. The van der Waals surface area contributed by atoms with Gasteiger partial charge in [0.05, 0.1) is 4.47 Å². The van der Waals surface area contributed by atoms with E-state index in [4.69, 9.17) is 0 Å². The zero-order valence-electron chi connectivity index (χ0n) is 11.3. The van der Waals surface area contributed by atoms with Crippen LogP contribution in [0.15, 0.2) is 22.7 Å². The van der Waals surface area contributed by atoms with Gasteiger partial charge in [0.25, 0.3) is 0 Å². The summed E-state index contributed by atoms with van der Waals surface area (Å²) in [6, 6.07) is 5.08. The molecule has 0 saturated carbocycles. The highest BCUT2D eigenvalue weighted by atomic mass is 79.9. The van der Waals surface area contributed by atoms with Gasteiger partial charge < -0.3 is 5.32 Å². The van der Waals surface area contributed by atoms with E-state index < -0.39 is 0 Å². The molecule has 1 aromatic carbocycles. The lowest BCUT2D eigenvalue weighted by Gasteiger charge is -2.31. The maximum absolute atomic E-state index is 13.3. The van der Waals surface area contributed by atoms with Gasteiger partial charge in [-0.3, -0.25) is 4.79 Å². The van der Waals surface area contributed by atoms with Crippen LogP contribution >= 0.6 is 15.9 Å². The van der Waals surface area contributed by atoms with Gasteiger partial charge in [-0.1, -0.05) is 19.9 Å². The van der Waals surface area contributed by atoms with Gasteiger partial charge in [0, 0.05) is 12.0 Å². The molecule has 0 spiro atoms. The van der Waals surface area contributed by atoms with E-state index in [1.807, 2.05) is 6.07 Å². The second-order valence-corrected chi connectivity index (χ2v) is 6.71. The van der Waals surface area contributed by atoms with Crippen LogP contribution < -0.4 is 5.32 Å². The minimum absolute atomic E-state index is 0.127. The number of benzene rings is 1. The molecule has 0 aliphatic carbocycles. The third-order valence-electron chi connectivity index (χ3n) is 3.56. The molecule has 0 aromatic heterocycles. The van der Waals surface area contributed by atoms with Crippen molar-refractivity contribution in [2.75, 3.05) is 0 Å². The molecule has 2 rings (SSSR count). The average Bonchev–Trinajstić information content (AvgIpc) is 2.64. The summed E-state index contributed by atoms with van der Waals surface area (Å²) in [6.45, 7) is 4.32. The van der Waals surface area contributed by atoms with Crippen LogP contribution in [0.5, 0.6) is 0 Å². The third-order valence-corrected chi connectivity index (χ3v) is 4.17. The molecular weight excluding hydrogens is 309 g/mol. The number of hydrogen-bond donors (Lipinski definition) is 1. The molecule has 104 valence electrons. The lowest BCUT2D eigenvalue weighted by molar-refractivity contribution is -0.119. The molecule has 1 fully saturated rings. The quantitative estimate of drug-likeness (QED) is 0.894. The number of halogens is 2. The minimum atomic E-state index is -0.253. The number of nitrogens with one attached hydrogen (secondary N) is 1. The maximum atomic E-state index is 13.3. The molecule has 0 radical (unpaired) electrons. The Morgan fingerprint density at radius 3 is 2.74 bits per heavy atom. The Hall–Kier alpha value is -0.900. The molecule has 1 atom stereocenters. The zero-order valence-corrected chi connectivity index (χ0v) is 12.9. The van der Waals surface area contributed by atoms with Crippen LogP contribution in [0.25, 0.3) is 0 Å². The van der Waals surface area contributed by atoms with Crippen molar-refractivity contribution in [2.24, 2.45) is 5.92 Å². The first-order chi connectivity index (χ1) is 8.90. The Morgan fingerprint density at radius 1 is 1.47 bits per heavy atom. The molecule has 1 aromatic rings. The van der Waals surface area contributed by atoms with Gasteiger partial charge in [-0.2, -0.15) is 0 Å². The summed E-state index contributed by atoms with van der Waals surface area (Å²) in [5, 5.41) is 3.13. The van der Waals surface area contributed by atoms with Crippen LogP contribution in [-0.4, -0.2) is 11.4 Å². The Labute approximate surface area is 121 Å². The average molecular weight is 328 g/mol. The minimum Gasteiger partial charge on any atom is -0.350 e. The molecule has 0 bridgehead atoms. The summed E-state index contributed by atoms with van der Waals surface area (Å²) in [4.78, 5) is 11.6. The monoisotopic (exact) mass is 327 g/mol. The molecule has 1 heterocycles. The second kappa shape index (κ2) is 5.61. The standard InChI is InChI=1S/C15H19BrFNO/c1-10(2)8-15(6-5-14(19)18-15)9-11-3-4-13(17)12(16)7-11/h3-4,7,10H,5-6,8-9H2,1-2H3,(H,18,19). The predicted molar refractivity (Wildman–Crippen MR) is 77.4 cm³/mol.